The maximum absolute atomic E-state index is 11.2. The fourth-order valence-corrected chi connectivity index (χ4v) is 1.85. The van der Waals surface area contributed by atoms with Gasteiger partial charge in [0.2, 0.25) is 5.91 Å². The SMILES string of the molecule is C#CCCCN1CCC(C)(C(N)=O)C1. The Hall–Kier alpha value is -1.01. The van der Waals surface area contributed by atoms with Gasteiger partial charge in [-0.15, -0.1) is 12.3 Å². The zero-order chi connectivity index (χ0) is 10.6. The maximum Gasteiger partial charge on any atom is 0.224 e. The summed E-state index contributed by atoms with van der Waals surface area (Å²) in [5.74, 6) is 2.43. The van der Waals surface area contributed by atoms with Gasteiger partial charge in [-0.2, -0.15) is 0 Å². The second-order valence-corrected chi connectivity index (χ2v) is 4.26. The van der Waals surface area contributed by atoms with Crippen LogP contribution in [0.15, 0.2) is 0 Å². The highest BCUT2D eigenvalue weighted by Gasteiger charge is 2.38. The van der Waals surface area contributed by atoms with E-state index in [2.05, 4.69) is 10.8 Å². The zero-order valence-corrected chi connectivity index (χ0v) is 8.75. The molecule has 0 spiro atoms. The molecule has 3 heteroatoms. The number of hydrogen-bond acceptors (Lipinski definition) is 2. The van der Waals surface area contributed by atoms with Crippen LogP contribution in [0.1, 0.15) is 26.2 Å². The van der Waals surface area contributed by atoms with Crippen LogP contribution in [-0.4, -0.2) is 30.4 Å². The van der Waals surface area contributed by atoms with Crippen molar-refractivity contribution in [1.82, 2.24) is 4.90 Å². The van der Waals surface area contributed by atoms with Gasteiger partial charge in [0.25, 0.3) is 0 Å². The van der Waals surface area contributed by atoms with Crippen LogP contribution in [0.5, 0.6) is 0 Å². The first-order valence-corrected chi connectivity index (χ1v) is 5.04. The number of likely N-dealkylation sites (tertiary alicyclic amines) is 1. The summed E-state index contributed by atoms with van der Waals surface area (Å²) in [7, 11) is 0. The summed E-state index contributed by atoms with van der Waals surface area (Å²) in [6.07, 6.45) is 7.86. The van der Waals surface area contributed by atoms with Crippen molar-refractivity contribution in [2.75, 3.05) is 19.6 Å². The lowest BCUT2D eigenvalue weighted by atomic mass is 9.89. The topological polar surface area (TPSA) is 46.3 Å². The number of carbonyl (C=O) groups excluding carboxylic acids is 1. The van der Waals surface area contributed by atoms with Crippen molar-refractivity contribution in [1.29, 1.82) is 0 Å². The van der Waals surface area contributed by atoms with Gasteiger partial charge in [0, 0.05) is 13.0 Å². The second-order valence-electron chi connectivity index (χ2n) is 4.26. The molecule has 0 aromatic heterocycles. The van der Waals surface area contributed by atoms with Crippen molar-refractivity contribution in [3.8, 4) is 12.3 Å². The molecule has 0 aliphatic carbocycles. The Morgan fingerprint density at radius 3 is 2.93 bits per heavy atom. The molecule has 0 radical (unpaired) electrons. The molecule has 1 aliphatic heterocycles. The molecule has 1 fully saturated rings. The largest absolute Gasteiger partial charge is 0.369 e. The summed E-state index contributed by atoms with van der Waals surface area (Å²) >= 11 is 0. The number of nitrogens with two attached hydrogens (primary N) is 1. The number of nitrogens with zero attached hydrogens (tertiary/aromatic N) is 1. The number of amides is 1. The van der Waals surface area contributed by atoms with Crippen LogP contribution < -0.4 is 5.73 Å². The Kier molecular flexibility index (Phi) is 3.54. The molecule has 1 aliphatic rings. The van der Waals surface area contributed by atoms with Crippen LogP contribution >= 0.6 is 0 Å². The predicted molar refractivity (Wildman–Crippen MR) is 56.4 cm³/mol. The molecule has 14 heavy (non-hydrogen) atoms. The zero-order valence-electron chi connectivity index (χ0n) is 8.75. The van der Waals surface area contributed by atoms with Gasteiger partial charge in [-0.1, -0.05) is 0 Å². The van der Waals surface area contributed by atoms with E-state index in [-0.39, 0.29) is 11.3 Å². The fourth-order valence-electron chi connectivity index (χ4n) is 1.85. The van der Waals surface area contributed by atoms with E-state index >= 15 is 0 Å². The number of hydrogen-bond donors (Lipinski definition) is 1. The summed E-state index contributed by atoms with van der Waals surface area (Å²) in [5, 5.41) is 0. The van der Waals surface area contributed by atoms with E-state index < -0.39 is 0 Å². The summed E-state index contributed by atoms with van der Waals surface area (Å²) < 4.78 is 0. The molecule has 1 heterocycles. The summed E-state index contributed by atoms with van der Waals surface area (Å²) in [5.41, 5.74) is 5.03. The molecule has 1 rings (SSSR count). The Morgan fingerprint density at radius 2 is 2.43 bits per heavy atom. The number of rotatable bonds is 4. The molecule has 0 aromatic carbocycles. The Balaban J connectivity index is 2.34. The molecule has 1 amide bonds. The van der Waals surface area contributed by atoms with Gasteiger partial charge in [0.15, 0.2) is 0 Å². The van der Waals surface area contributed by atoms with Crippen LogP contribution in [0, 0.1) is 17.8 Å². The number of terminal acetylenes is 1. The van der Waals surface area contributed by atoms with Gasteiger partial charge in [0.1, 0.15) is 0 Å². The lowest BCUT2D eigenvalue weighted by Gasteiger charge is -2.20. The van der Waals surface area contributed by atoms with Gasteiger partial charge < -0.3 is 10.6 Å². The highest BCUT2D eigenvalue weighted by molar-refractivity contribution is 5.81. The van der Waals surface area contributed by atoms with Crippen LogP contribution in [0.2, 0.25) is 0 Å². The van der Waals surface area contributed by atoms with Crippen LogP contribution in [0.4, 0.5) is 0 Å². The fraction of sp³-hybridized carbons (Fsp3) is 0.727. The first-order valence-electron chi connectivity index (χ1n) is 5.04. The molecular weight excluding hydrogens is 176 g/mol. The minimum absolute atomic E-state index is 0.183. The monoisotopic (exact) mass is 194 g/mol. The third-order valence-electron chi connectivity index (χ3n) is 2.94. The van der Waals surface area contributed by atoms with Crippen molar-refractivity contribution in [3.63, 3.8) is 0 Å². The van der Waals surface area contributed by atoms with E-state index in [0.29, 0.717) is 0 Å². The van der Waals surface area contributed by atoms with Gasteiger partial charge in [-0.25, -0.2) is 0 Å². The highest BCUT2D eigenvalue weighted by atomic mass is 16.1. The standard InChI is InChI=1S/C11H18N2O/c1-3-4-5-7-13-8-6-11(2,9-13)10(12)14/h1H,4-9H2,2H3,(H2,12,14). The minimum atomic E-state index is -0.323. The highest BCUT2D eigenvalue weighted by Crippen LogP contribution is 2.29. The van der Waals surface area contributed by atoms with Crippen molar-refractivity contribution in [3.05, 3.63) is 0 Å². The van der Waals surface area contributed by atoms with E-state index in [4.69, 9.17) is 12.2 Å². The van der Waals surface area contributed by atoms with E-state index in [9.17, 15) is 4.79 Å². The second kappa shape index (κ2) is 4.47. The molecule has 78 valence electrons. The van der Waals surface area contributed by atoms with E-state index in [1.54, 1.807) is 0 Å². The van der Waals surface area contributed by atoms with Crippen molar-refractivity contribution >= 4 is 5.91 Å². The van der Waals surface area contributed by atoms with E-state index in [0.717, 1.165) is 38.9 Å². The third kappa shape index (κ3) is 2.49. The van der Waals surface area contributed by atoms with Crippen LogP contribution in [-0.2, 0) is 4.79 Å². The molecule has 1 saturated heterocycles. The van der Waals surface area contributed by atoms with Gasteiger partial charge in [0.05, 0.1) is 5.41 Å². The first-order chi connectivity index (χ1) is 6.58. The van der Waals surface area contributed by atoms with Crippen molar-refractivity contribution in [2.45, 2.75) is 26.2 Å². The molecule has 3 nitrogen and oxygen atoms in total. The molecule has 0 aromatic rings. The van der Waals surface area contributed by atoms with Crippen molar-refractivity contribution < 1.29 is 4.79 Å². The molecular formula is C11H18N2O. The molecule has 1 unspecified atom stereocenters. The Morgan fingerprint density at radius 1 is 1.71 bits per heavy atom. The van der Waals surface area contributed by atoms with Crippen LogP contribution in [0.3, 0.4) is 0 Å². The number of primary amides is 1. The van der Waals surface area contributed by atoms with Crippen molar-refractivity contribution in [2.24, 2.45) is 11.1 Å². The maximum atomic E-state index is 11.2. The quantitative estimate of drug-likeness (QED) is 0.526. The first kappa shape index (κ1) is 11.1. The van der Waals surface area contributed by atoms with Gasteiger partial charge in [-0.3, -0.25) is 4.79 Å². The smallest absolute Gasteiger partial charge is 0.224 e. The number of carbonyl (C=O) groups is 1. The Labute approximate surface area is 85.6 Å². The minimum Gasteiger partial charge on any atom is -0.369 e. The molecule has 2 N–H and O–H groups in total. The van der Waals surface area contributed by atoms with E-state index in [1.807, 2.05) is 6.92 Å². The average Bonchev–Trinajstić information content (AvgIpc) is 2.50. The van der Waals surface area contributed by atoms with Crippen LogP contribution in [0.25, 0.3) is 0 Å². The molecule has 1 atom stereocenters. The molecule has 0 bridgehead atoms. The van der Waals surface area contributed by atoms with Gasteiger partial charge in [-0.05, 0) is 32.9 Å². The van der Waals surface area contributed by atoms with Gasteiger partial charge >= 0.3 is 0 Å². The lowest BCUT2D eigenvalue weighted by Crippen LogP contribution is -2.37. The molecule has 0 saturated carbocycles. The third-order valence-corrected chi connectivity index (χ3v) is 2.94. The number of unbranched alkanes of at least 4 members (excludes halogenated alkanes) is 1. The summed E-state index contributed by atoms with van der Waals surface area (Å²) in [6.45, 7) is 4.67. The Bertz CT molecular complexity index is 257. The predicted octanol–water partition coefficient (Wildman–Crippen LogP) is 0.597. The van der Waals surface area contributed by atoms with E-state index in [1.165, 1.54) is 0 Å². The summed E-state index contributed by atoms with van der Waals surface area (Å²) in [4.78, 5) is 13.4. The lowest BCUT2D eigenvalue weighted by molar-refractivity contribution is -0.126. The summed E-state index contributed by atoms with van der Waals surface area (Å²) in [6, 6.07) is 0. The normalized spacial score (nSPS) is 27.4. The average molecular weight is 194 g/mol.